The van der Waals surface area contributed by atoms with Gasteiger partial charge in [-0.2, -0.15) is 0 Å². The molecule has 0 aliphatic carbocycles. The van der Waals surface area contributed by atoms with Gasteiger partial charge in [0.2, 0.25) is 10.0 Å². The van der Waals surface area contributed by atoms with Crippen LogP contribution in [0, 0.1) is 6.92 Å². The summed E-state index contributed by atoms with van der Waals surface area (Å²) < 4.78 is 33.7. The second kappa shape index (κ2) is 7.13. The summed E-state index contributed by atoms with van der Waals surface area (Å²) in [4.78, 5) is 0.177. The number of nitrogens with one attached hydrogen (secondary N) is 1. The molecule has 132 valence electrons. The lowest BCUT2D eigenvalue weighted by atomic mass is 10.1. The van der Waals surface area contributed by atoms with E-state index in [0.717, 1.165) is 15.6 Å². The number of thiophene rings is 1. The van der Waals surface area contributed by atoms with E-state index in [-0.39, 0.29) is 11.4 Å². The van der Waals surface area contributed by atoms with Crippen molar-refractivity contribution in [2.75, 3.05) is 13.7 Å². The van der Waals surface area contributed by atoms with Gasteiger partial charge in [0.05, 0.1) is 18.1 Å². The van der Waals surface area contributed by atoms with E-state index in [9.17, 15) is 13.5 Å². The number of hydrogen-bond donors (Lipinski definition) is 2. The molecular weight excluding hydrogens is 358 g/mol. The highest BCUT2D eigenvalue weighted by Crippen LogP contribution is 2.30. The van der Waals surface area contributed by atoms with Gasteiger partial charge in [0.25, 0.3) is 0 Å². The molecular formula is C18H19NO4S2. The van der Waals surface area contributed by atoms with Crippen molar-refractivity contribution in [2.24, 2.45) is 0 Å². The van der Waals surface area contributed by atoms with Crippen LogP contribution in [0.1, 0.15) is 17.2 Å². The number of hydrogen-bond acceptors (Lipinski definition) is 5. The molecule has 0 bridgehead atoms. The number of fused-ring (bicyclic) bond motifs is 1. The minimum absolute atomic E-state index is 0.0888. The van der Waals surface area contributed by atoms with Gasteiger partial charge in [-0.3, -0.25) is 0 Å². The highest BCUT2D eigenvalue weighted by atomic mass is 32.2. The van der Waals surface area contributed by atoms with Crippen LogP contribution in [0.2, 0.25) is 0 Å². The molecule has 1 heterocycles. The lowest BCUT2D eigenvalue weighted by Crippen LogP contribution is -2.29. The molecule has 1 aromatic heterocycles. The van der Waals surface area contributed by atoms with Crippen molar-refractivity contribution < 1.29 is 18.3 Å². The maximum Gasteiger partial charge on any atom is 0.240 e. The fourth-order valence-corrected chi connectivity index (χ4v) is 4.95. The Morgan fingerprint density at radius 3 is 2.72 bits per heavy atom. The van der Waals surface area contributed by atoms with Crippen molar-refractivity contribution in [1.29, 1.82) is 0 Å². The molecule has 3 rings (SSSR count). The number of ether oxygens (including phenoxy) is 1. The number of methoxy groups -OCH3 is 1. The van der Waals surface area contributed by atoms with Gasteiger partial charge in [-0.05, 0) is 47.5 Å². The van der Waals surface area contributed by atoms with Gasteiger partial charge in [-0.1, -0.05) is 18.2 Å². The molecule has 5 nitrogen and oxygen atoms in total. The number of aliphatic hydroxyl groups excluding tert-OH is 1. The third-order valence-corrected chi connectivity index (χ3v) is 6.57. The molecule has 0 radical (unpaired) electrons. The third-order valence-electron chi connectivity index (χ3n) is 4.01. The maximum atomic E-state index is 12.5. The summed E-state index contributed by atoms with van der Waals surface area (Å²) in [7, 11) is -2.19. The number of rotatable bonds is 6. The van der Waals surface area contributed by atoms with Crippen LogP contribution < -0.4 is 9.46 Å². The first-order chi connectivity index (χ1) is 11.9. The topological polar surface area (TPSA) is 75.6 Å². The molecule has 1 unspecified atom stereocenters. The van der Waals surface area contributed by atoms with Crippen LogP contribution >= 0.6 is 11.3 Å². The molecule has 0 aliphatic heterocycles. The van der Waals surface area contributed by atoms with Crippen molar-refractivity contribution in [3.63, 3.8) is 0 Å². The molecule has 0 saturated carbocycles. The van der Waals surface area contributed by atoms with Crippen molar-refractivity contribution in [1.82, 2.24) is 4.72 Å². The Balaban J connectivity index is 1.78. The third kappa shape index (κ3) is 3.69. The second-order valence-corrected chi connectivity index (χ2v) is 8.33. The molecule has 0 fully saturated rings. The zero-order valence-corrected chi connectivity index (χ0v) is 15.5. The molecule has 0 aliphatic rings. The van der Waals surface area contributed by atoms with Crippen LogP contribution in [0.15, 0.2) is 52.7 Å². The first-order valence-corrected chi connectivity index (χ1v) is 10.1. The van der Waals surface area contributed by atoms with Crippen molar-refractivity contribution in [2.45, 2.75) is 17.9 Å². The van der Waals surface area contributed by atoms with Crippen LogP contribution in [0.5, 0.6) is 5.75 Å². The lowest BCUT2D eigenvalue weighted by molar-refractivity contribution is 0.184. The summed E-state index contributed by atoms with van der Waals surface area (Å²) in [6.45, 7) is 1.62. The zero-order chi connectivity index (χ0) is 18.0. The number of sulfonamides is 1. The zero-order valence-electron chi connectivity index (χ0n) is 13.9. The van der Waals surface area contributed by atoms with Crippen LogP contribution in [0.3, 0.4) is 0 Å². The van der Waals surface area contributed by atoms with Gasteiger partial charge in [-0.25, -0.2) is 13.1 Å². The Morgan fingerprint density at radius 1 is 1.24 bits per heavy atom. The molecule has 2 N–H and O–H groups in total. The minimum Gasteiger partial charge on any atom is -0.497 e. The molecule has 1 atom stereocenters. The molecule has 2 aromatic carbocycles. The van der Waals surface area contributed by atoms with Gasteiger partial charge in [-0.15, -0.1) is 11.3 Å². The molecule has 0 spiro atoms. The number of aryl methyl sites for hydroxylation is 1. The Hall–Kier alpha value is -1.93. The second-order valence-electron chi connectivity index (χ2n) is 5.69. The van der Waals surface area contributed by atoms with E-state index in [1.807, 2.05) is 29.6 Å². The monoisotopic (exact) mass is 377 g/mol. The summed E-state index contributed by atoms with van der Waals surface area (Å²) >= 11 is 1.53. The van der Waals surface area contributed by atoms with Gasteiger partial charge < -0.3 is 9.84 Å². The fraction of sp³-hybridized carbons (Fsp3) is 0.222. The summed E-state index contributed by atoms with van der Waals surface area (Å²) in [5.74, 6) is 0.598. The molecule has 0 amide bonds. The standard InChI is InChI=1S/C18H19NO4S2/c1-12-9-13(23-2)7-8-18(12)25(21,22)19-10-16(20)15-11-24-17-6-4-3-5-14(15)17/h3-9,11,16,19-20H,10H2,1-2H3. The predicted molar refractivity (Wildman–Crippen MR) is 99.7 cm³/mol. The Bertz CT molecular complexity index is 995. The largest absolute Gasteiger partial charge is 0.497 e. The Morgan fingerprint density at radius 2 is 2.00 bits per heavy atom. The van der Waals surface area contributed by atoms with Crippen LogP contribution in [0.25, 0.3) is 10.1 Å². The van der Waals surface area contributed by atoms with E-state index >= 15 is 0 Å². The maximum absolute atomic E-state index is 12.5. The number of aliphatic hydroxyl groups is 1. The van der Waals surface area contributed by atoms with Crippen LogP contribution in [-0.2, 0) is 10.0 Å². The number of benzene rings is 2. The molecule has 7 heteroatoms. The van der Waals surface area contributed by atoms with E-state index in [4.69, 9.17) is 4.74 Å². The van der Waals surface area contributed by atoms with Gasteiger partial charge in [0.15, 0.2) is 0 Å². The summed E-state index contributed by atoms with van der Waals surface area (Å²) in [5.41, 5.74) is 1.32. The smallest absolute Gasteiger partial charge is 0.240 e. The van der Waals surface area contributed by atoms with Crippen molar-refractivity contribution in [3.8, 4) is 5.75 Å². The SMILES string of the molecule is COc1ccc(S(=O)(=O)NCC(O)c2csc3ccccc23)c(C)c1. The van der Waals surface area contributed by atoms with Gasteiger partial charge in [0, 0.05) is 16.8 Å². The average Bonchev–Trinajstić information content (AvgIpc) is 3.03. The lowest BCUT2D eigenvalue weighted by Gasteiger charge is -2.14. The summed E-state index contributed by atoms with van der Waals surface area (Å²) in [6, 6.07) is 12.5. The van der Waals surface area contributed by atoms with E-state index in [1.54, 1.807) is 19.1 Å². The fourth-order valence-electron chi connectivity index (χ4n) is 2.68. The minimum atomic E-state index is -3.72. The van der Waals surface area contributed by atoms with E-state index in [2.05, 4.69) is 4.72 Å². The van der Waals surface area contributed by atoms with Crippen molar-refractivity contribution >= 4 is 31.4 Å². The predicted octanol–water partition coefficient (Wildman–Crippen LogP) is 3.23. The van der Waals surface area contributed by atoms with Gasteiger partial charge >= 0.3 is 0 Å². The Labute approximate surface area is 150 Å². The first kappa shape index (κ1) is 17.9. The van der Waals surface area contributed by atoms with Crippen LogP contribution in [0.4, 0.5) is 0 Å². The molecule has 0 saturated heterocycles. The quantitative estimate of drug-likeness (QED) is 0.692. The van der Waals surface area contributed by atoms with Gasteiger partial charge in [0.1, 0.15) is 5.75 Å². The Kier molecular flexibility index (Phi) is 5.10. The summed E-state index contributed by atoms with van der Waals surface area (Å²) in [6.07, 6.45) is -0.913. The first-order valence-electron chi connectivity index (χ1n) is 7.71. The average molecular weight is 377 g/mol. The highest BCUT2D eigenvalue weighted by Gasteiger charge is 2.20. The van der Waals surface area contributed by atoms with E-state index in [1.165, 1.54) is 24.5 Å². The molecule has 25 heavy (non-hydrogen) atoms. The van der Waals surface area contributed by atoms with E-state index < -0.39 is 16.1 Å². The highest BCUT2D eigenvalue weighted by molar-refractivity contribution is 7.89. The normalized spacial score (nSPS) is 13.1. The van der Waals surface area contributed by atoms with Crippen LogP contribution in [-0.4, -0.2) is 27.2 Å². The summed E-state index contributed by atoms with van der Waals surface area (Å²) in [5, 5.41) is 13.2. The van der Waals surface area contributed by atoms with E-state index in [0.29, 0.717) is 11.3 Å². The van der Waals surface area contributed by atoms with Crippen molar-refractivity contribution in [3.05, 3.63) is 59.0 Å². The molecule has 3 aromatic rings.